The fourth-order valence-corrected chi connectivity index (χ4v) is 6.20. The van der Waals surface area contributed by atoms with Gasteiger partial charge in [0.2, 0.25) is 11.9 Å². The van der Waals surface area contributed by atoms with Crippen LogP contribution in [0.15, 0.2) is 39.2 Å². The number of amides is 5. The molecular weight excluding hydrogens is 891 g/mol. The molecule has 1 aliphatic heterocycles. The van der Waals surface area contributed by atoms with E-state index in [1.807, 2.05) is 16.9 Å². The highest BCUT2D eigenvalue weighted by Gasteiger charge is 2.36. The van der Waals surface area contributed by atoms with E-state index in [0.29, 0.717) is 43.9 Å². The van der Waals surface area contributed by atoms with Crippen LogP contribution in [-0.2, 0) is 23.7 Å². The van der Waals surface area contributed by atoms with Crippen molar-refractivity contribution in [2.45, 2.75) is 184 Å². The number of ether oxygens (including phenoxy) is 6. The number of carbonyl (C=O) groups excluding carboxylic acids is 5. The van der Waals surface area contributed by atoms with E-state index in [1.54, 1.807) is 123 Å². The van der Waals surface area contributed by atoms with Gasteiger partial charge in [-0.3, -0.25) is 20.6 Å². The molecule has 21 heteroatoms. The molecule has 0 fully saturated rings. The van der Waals surface area contributed by atoms with Crippen LogP contribution in [0, 0.1) is 0 Å². The minimum absolute atomic E-state index is 0.00580. The minimum Gasteiger partial charge on any atom is -0.492 e. The van der Waals surface area contributed by atoms with Crippen LogP contribution in [0.5, 0.6) is 5.75 Å². The van der Waals surface area contributed by atoms with Crippen molar-refractivity contribution in [3.05, 3.63) is 29.8 Å². The Hall–Kier alpha value is -5.60. The standard InChI is InChI=1S/C48H81BN8O12/c1-44(2,3)65-39(58)52-37(53-40(59)66-45(4,5)6)51-28-21-19-17-18-20-22-30-55(42(61)68-47(10,11)12)38(54-41(60)67-46(7,8)9)56(43(62)69-48(13,14)15)32-33-64-35-26-24-34(25-27-35)36-50-29-23-31-57(36)49(16)63/h24-27,63H,17-23,28-33H2,1-16H3,(H2,51,52,53,58,59). The Bertz CT molecular complexity index is 1910. The summed E-state index contributed by atoms with van der Waals surface area (Å²) in [4.78, 5) is 84.0. The molecule has 0 atom stereocenters. The molecule has 1 heterocycles. The highest BCUT2D eigenvalue weighted by atomic mass is 16.6. The third-order valence-electron chi connectivity index (χ3n) is 8.83. The van der Waals surface area contributed by atoms with Gasteiger partial charge in [-0.2, -0.15) is 0 Å². The molecule has 0 spiro atoms. The smallest absolute Gasteiger partial charge is 0.437 e. The van der Waals surface area contributed by atoms with Crippen molar-refractivity contribution in [2.75, 3.05) is 39.3 Å². The number of alkyl carbamates (subject to hydrolysis) is 2. The van der Waals surface area contributed by atoms with Crippen molar-refractivity contribution in [2.24, 2.45) is 15.0 Å². The van der Waals surface area contributed by atoms with Crippen molar-refractivity contribution in [3.63, 3.8) is 0 Å². The van der Waals surface area contributed by atoms with Gasteiger partial charge >= 0.3 is 37.5 Å². The number of guanidine groups is 2. The molecule has 69 heavy (non-hydrogen) atoms. The lowest BCUT2D eigenvalue weighted by molar-refractivity contribution is 0.0259. The number of unbranched alkanes of at least 4 members (excludes halogenated alkanes) is 5. The average Bonchev–Trinajstić information content (AvgIpc) is 3.16. The van der Waals surface area contributed by atoms with Crippen molar-refractivity contribution in [3.8, 4) is 5.75 Å². The second kappa shape index (κ2) is 26.4. The van der Waals surface area contributed by atoms with E-state index >= 15 is 0 Å². The van der Waals surface area contributed by atoms with Crippen LogP contribution in [0.3, 0.4) is 0 Å². The Kier molecular flexibility index (Phi) is 22.8. The molecule has 388 valence electrons. The quantitative estimate of drug-likeness (QED) is 0.0490. The summed E-state index contributed by atoms with van der Waals surface area (Å²) in [7, 11) is -0.706. The van der Waals surface area contributed by atoms with E-state index in [2.05, 4.69) is 25.6 Å². The van der Waals surface area contributed by atoms with E-state index in [1.165, 1.54) is 0 Å². The van der Waals surface area contributed by atoms with Gasteiger partial charge in [0.15, 0.2) is 0 Å². The third-order valence-corrected chi connectivity index (χ3v) is 8.83. The second-order valence-corrected chi connectivity index (χ2v) is 21.5. The molecule has 20 nitrogen and oxygen atoms in total. The Morgan fingerprint density at radius 1 is 0.667 bits per heavy atom. The summed E-state index contributed by atoms with van der Waals surface area (Å²) < 4.78 is 33.9. The first-order valence-corrected chi connectivity index (χ1v) is 23.8. The van der Waals surface area contributed by atoms with Crippen LogP contribution in [0.25, 0.3) is 0 Å². The lowest BCUT2D eigenvalue weighted by atomic mass is 9.83. The third kappa shape index (κ3) is 25.5. The molecule has 0 radical (unpaired) electrons. The molecule has 1 aromatic rings. The van der Waals surface area contributed by atoms with Crippen LogP contribution in [-0.4, -0.2) is 142 Å². The summed E-state index contributed by atoms with van der Waals surface area (Å²) in [6.07, 6.45) is 0.476. The van der Waals surface area contributed by atoms with Crippen LogP contribution < -0.4 is 15.4 Å². The number of rotatable bonds is 15. The van der Waals surface area contributed by atoms with Crippen LogP contribution >= 0.6 is 0 Å². The zero-order chi connectivity index (χ0) is 52.4. The molecule has 3 N–H and O–H groups in total. The highest BCUT2D eigenvalue weighted by Crippen LogP contribution is 2.21. The van der Waals surface area contributed by atoms with E-state index in [-0.39, 0.29) is 38.2 Å². The molecule has 1 aromatic carbocycles. The molecule has 1 aliphatic rings. The number of hydrogen-bond donors (Lipinski definition) is 3. The van der Waals surface area contributed by atoms with Crippen molar-refractivity contribution in [1.82, 2.24) is 25.2 Å². The zero-order valence-corrected chi connectivity index (χ0v) is 44.2. The summed E-state index contributed by atoms with van der Waals surface area (Å²) in [6, 6.07) is 7.18. The molecule has 0 unspecified atom stereocenters. The van der Waals surface area contributed by atoms with Gasteiger partial charge < -0.3 is 38.3 Å². The van der Waals surface area contributed by atoms with Crippen LogP contribution in [0.4, 0.5) is 24.0 Å². The van der Waals surface area contributed by atoms with Gasteiger partial charge in [-0.15, -0.1) is 4.99 Å². The number of nitrogens with zero attached hydrogens (tertiary/aromatic N) is 6. The summed E-state index contributed by atoms with van der Waals surface area (Å²) in [5.41, 5.74) is -3.62. The van der Waals surface area contributed by atoms with Gasteiger partial charge in [0.1, 0.15) is 46.2 Å². The van der Waals surface area contributed by atoms with Gasteiger partial charge in [0.05, 0.1) is 6.54 Å². The summed E-state index contributed by atoms with van der Waals surface area (Å²) in [6.45, 7) is 28.5. The largest absolute Gasteiger partial charge is 0.492 e. The summed E-state index contributed by atoms with van der Waals surface area (Å²) in [5.74, 6) is 0.709. The first kappa shape index (κ1) is 59.5. The number of amidine groups is 1. The van der Waals surface area contributed by atoms with Crippen LogP contribution in [0.2, 0.25) is 6.82 Å². The predicted molar refractivity (Wildman–Crippen MR) is 267 cm³/mol. The van der Waals surface area contributed by atoms with E-state index in [9.17, 15) is 29.0 Å². The maximum atomic E-state index is 14.1. The molecule has 0 aliphatic carbocycles. The number of benzene rings is 1. The Morgan fingerprint density at radius 2 is 1.13 bits per heavy atom. The predicted octanol–water partition coefficient (Wildman–Crippen LogP) is 9.14. The second-order valence-electron chi connectivity index (χ2n) is 21.5. The maximum Gasteiger partial charge on any atom is 0.437 e. The number of aliphatic imine (C=N–C) groups is 3. The van der Waals surface area contributed by atoms with Crippen LogP contribution in [0.1, 0.15) is 154 Å². The minimum atomic E-state index is -1.04. The van der Waals surface area contributed by atoms with Gasteiger partial charge in [-0.1, -0.05) is 25.7 Å². The van der Waals surface area contributed by atoms with Gasteiger partial charge in [0.25, 0.3) is 0 Å². The molecule has 0 saturated carbocycles. The van der Waals surface area contributed by atoms with E-state index in [4.69, 9.17) is 28.4 Å². The van der Waals surface area contributed by atoms with Crippen molar-refractivity contribution in [1.29, 1.82) is 0 Å². The zero-order valence-electron chi connectivity index (χ0n) is 44.2. The highest BCUT2D eigenvalue weighted by molar-refractivity contribution is 6.50. The van der Waals surface area contributed by atoms with Crippen molar-refractivity contribution >= 4 is 55.3 Å². The molecular formula is C48H81BN8O12. The van der Waals surface area contributed by atoms with E-state index in [0.717, 1.165) is 41.0 Å². The normalized spacial score (nSPS) is 13.6. The van der Waals surface area contributed by atoms with Gasteiger partial charge in [0, 0.05) is 31.7 Å². The first-order chi connectivity index (χ1) is 31.7. The van der Waals surface area contributed by atoms with Gasteiger partial charge in [-0.25, -0.2) is 33.8 Å². The molecule has 5 amide bonds. The maximum absolute atomic E-state index is 14.1. The monoisotopic (exact) mass is 973 g/mol. The Morgan fingerprint density at radius 3 is 1.61 bits per heavy atom. The lowest BCUT2D eigenvalue weighted by Crippen LogP contribution is -2.53. The fourth-order valence-electron chi connectivity index (χ4n) is 6.20. The first-order valence-electron chi connectivity index (χ1n) is 23.8. The Labute approximate surface area is 410 Å². The molecule has 0 bridgehead atoms. The van der Waals surface area contributed by atoms with E-state index < -0.39 is 65.5 Å². The SMILES string of the molecule is CB(O)N1CCCN=C1c1ccc(OCCN(C(=O)OC(C)(C)C)C(=NC(=O)OC(C)(C)C)N(CCCCCCCCN=C(NC(=O)OC(C)(C)C)NC(=O)OC(C)(C)C)C(=O)OC(C)(C)C)cc1. The molecule has 0 aromatic heterocycles. The lowest BCUT2D eigenvalue weighted by Gasteiger charge is -2.34. The average molecular weight is 973 g/mol. The molecule has 2 rings (SSSR count). The van der Waals surface area contributed by atoms with Gasteiger partial charge in [-0.05, 0) is 154 Å². The Balaban J connectivity index is 2.33. The summed E-state index contributed by atoms with van der Waals surface area (Å²) in [5, 5.41) is 15.3. The van der Waals surface area contributed by atoms with Crippen molar-refractivity contribution < 1.29 is 57.4 Å². The summed E-state index contributed by atoms with van der Waals surface area (Å²) >= 11 is 0. The fraction of sp³-hybridized carbons (Fsp3) is 0.708. The number of hydrogen-bond acceptors (Lipinski definition) is 15. The number of carbonyl (C=O) groups is 5. The molecule has 0 saturated heterocycles. The topological polar surface area (TPSA) is 232 Å². The number of nitrogens with one attached hydrogen (secondary N) is 2.